The molecule has 0 radical (unpaired) electrons. The summed E-state index contributed by atoms with van der Waals surface area (Å²) < 4.78 is 0. The maximum atomic E-state index is 11.4. The van der Waals surface area contributed by atoms with E-state index in [-0.39, 0.29) is 11.7 Å². The van der Waals surface area contributed by atoms with Crippen molar-refractivity contribution in [2.75, 3.05) is 7.05 Å². The smallest absolute Gasteiger partial charge is 0.251 e. The van der Waals surface area contributed by atoms with E-state index in [4.69, 9.17) is 0 Å². The van der Waals surface area contributed by atoms with E-state index in [0.717, 1.165) is 9.79 Å². The Morgan fingerprint density at radius 2 is 1.50 bits per heavy atom. The highest BCUT2D eigenvalue weighted by molar-refractivity contribution is 7.99. The second-order valence-electron chi connectivity index (χ2n) is 3.70. The number of phenols is 1. The van der Waals surface area contributed by atoms with Gasteiger partial charge in [-0.3, -0.25) is 4.79 Å². The molecule has 2 rings (SSSR count). The molecule has 0 aromatic heterocycles. The van der Waals surface area contributed by atoms with Gasteiger partial charge in [0.2, 0.25) is 0 Å². The first-order valence-electron chi connectivity index (χ1n) is 5.48. The zero-order valence-electron chi connectivity index (χ0n) is 9.88. The van der Waals surface area contributed by atoms with E-state index in [0.29, 0.717) is 5.56 Å². The van der Waals surface area contributed by atoms with Gasteiger partial charge in [-0.25, -0.2) is 0 Å². The van der Waals surface area contributed by atoms with E-state index in [1.807, 2.05) is 24.3 Å². The number of amides is 1. The first-order valence-corrected chi connectivity index (χ1v) is 6.30. The van der Waals surface area contributed by atoms with E-state index < -0.39 is 0 Å². The van der Waals surface area contributed by atoms with Crippen LogP contribution >= 0.6 is 11.8 Å². The van der Waals surface area contributed by atoms with E-state index in [1.54, 1.807) is 43.1 Å². The number of hydrogen-bond acceptors (Lipinski definition) is 3. The Kier molecular flexibility index (Phi) is 3.89. The van der Waals surface area contributed by atoms with Crippen LogP contribution in [-0.4, -0.2) is 18.1 Å². The maximum absolute atomic E-state index is 11.4. The molecule has 0 aliphatic heterocycles. The molecule has 0 unspecified atom stereocenters. The van der Waals surface area contributed by atoms with Crippen molar-refractivity contribution in [2.45, 2.75) is 9.79 Å². The zero-order valence-corrected chi connectivity index (χ0v) is 10.7. The minimum atomic E-state index is -0.0869. The third kappa shape index (κ3) is 3.05. The second kappa shape index (κ2) is 5.60. The topological polar surface area (TPSA) is 49.3 Å². The van der Waals surface area contributed by atoms with Gasteiger partial charge in [0, 0.05) is 22.4 Å². The first-order chi connectivity index (χ1) is 8.69. The molecule has 18 heavy (non-hydrogen) atoms. The van der Waals surface area contributed by atoms with Crippen molar-refractivity contribution >= 4 is 17.7 Å². The first kappa shape index (κ1) is 12.5. The molecule has 3 nitrogen and oxygen atoms in total. The summed E-state index contributed by atoms with van der Waals surface area (Å²) in [6, 6.07) is 14.4. The summed E-state index contributed by atoms with van der Waals surface area (Å²) >= 11 is 1.58. The number of benzene rings is 2. The molecule has 0 bridgehead atoms. The van der Waals surface area contributed by atoms with Gasteiger partial charge in [0.15, 0.2) is 0 Å². The summed E-state index contributed by atoms with van der Waals surface area (Å²) in [5.41, 5.74) is 0.646. The summed E-state index contributed by atoms with van der Waals surface area (Å²) in [7, 11) is 1.61. The summed E-state index contributed by atoms with van der Waals surface area (Å²) in [6.07, 6.45) is 0. The molecule has 92 valence electrons. The van der Waals surface area contributed by atoms with Crippen molar-refractivity contribution in [1.29, 1.82) is 0 Å². The van der Waals surface area contributed by atoms with Crippen LogP contribution in [0.15, 0.2) is 58.3 Å². The number of nitrogens with one attached hydrogen (secondary N) is 1. The van der Waals surface area contributed by atoms with Crippen LogP contribution in [0.25, 0.3) is 0 Å². The van der Waals surface area contributed by atoms with Crippen LogP contribution in [0.1, 0.15) is 10.4 Å². The second-order valence-corrected chi connectivity index (χ2v) is 4.85. The Bertz CT molecular complexity index is 535. The molecule has 0 fully saturated rings. The number of phenolic OH excluding ortho intramolecular Hbond substituents is 1. The third-order valence-corrected chi connectivity index (χ3v) is 3.43. The molecule has 4 heteroatoms. The summed E-state index contributed by atoms with van der Waals surface area (Å²) in [6.45, 7) is 0. The molecule has 0 saturated carbocycles. The average molecular weight is 259 g/mol. The molecule has 0 heterocycles. The number of carbonyl (C=O) groups excluding carboxylic acids is 1. The summed E-state index contributed by atoms with van der Waals surface area (Å²) in [4.78, 5) is 13.5. The molecule has 0 atom stereocenters. The fraction of sp³-hybridized carbons (Fsp3) is 0.0714. The van der Waals surface area contributed by atoms with Crippen molar-refractivity contribution in [3.05, 3.63) is 54.1 Å². The third-order valence-electron chi connectivity index (χ3n) is 2.42. The molecule has 2 aromatic rings. The highest BCUT2D eigenvalue weighted by Crippen LogP contribution is 2.28. The van der Waals surface area contributed by atoms with Crippen LogP contribution in [0.2, 0.25) is 0 Å². The molecule has 2 N–H and O–H groups in total. The zero-order chi connectivity index (χ0) is 13.0. The normalized spacial score (nSPS) is 10.1. The van der Waals surface area contributed by atoms with Gasteiger partial charge < -0.3 is 10.4 Å². The highest BCUT2D eigenvalue weighted by atomic mass is 32.2. The Labute approximate surface area is 110 Å². The van der Waals surface area contributed by atoms with Crippen LogP contribution in [-0.2, 0) is 0 Å². The molecular weight excluding hydrogens is 246 g/mol. The molecule has 0 aliphatic carbocycles. The summed E-state index contributed by atoms with van der Waals surface area (Å²) in [5, 5.41) is 11.8. The molecule has 1 amide bonds. The predicted octanol–water partition coefficient (Wildman–Crippen LogP) is 2.90. The van der Waals surface area contributed by atoms with Gasteiger partial charge in [0.25, 0.3) is 5.91 Å². The minimum absolute atomic E-state index is 0.0869. The van der Waals surface area contributed by atoms with Crippen molar-refractivity contribution < 1.29 is 9.90 Å². The number of rotatable bonds is 3. The van der Waals surface area contributed by atoms with Crippen LogP contribution in [0, 0.1) is 0 Å². The van der Waals surface area contributed by atoms with Gasteiger partial charge in [-0.15, -0.1) is 0 Å². The molecule has 2 aromatic carbocycles. The lowest BCUT2D eigenvalue weighted by molar-refractivity contribution is 0.0963. The number of carbonyl (C=O) groups is 1. The van der Waals surface area contributed by atoms with Crippen LogP contribution < -0.4 is 5.32 Å². The Balaban J connectivity index is 2.10. The van der Waals surface area contributed by atoms with E-state index >= 15 is 0 Å². The highest BCUT2D eigenvalue weighted by Gasteiger charge is 2.03. The van der Waals surface area contributed by atoms with Gasteiger partial charge in [0.05, 0.1) is 0 Å². The van der Waals surface area contributed by atoms with Crippen molar-refractivity contribution in [3.63, 3.8) is 0 Å². The van der Waals surface area contributed by atoms with Crippen LogP contribution in [0.5, 0.6) is 5.75 Å². The van der Waals surface area contributed by atoms with Crippen molar-refractivity contribution in [3.8, 4) is 5.75 Å². The molecule has 0 aliphatic rings. The lowest BCUT2D eigenvalue weighted by Gasteiger charge is -2.03. The van der Waals surface area contributed by atoms with Gasteiger partial charge in [-0.05, 0) is 48.5 Å². The van der Waals surface area contributed by atoms with E-state index in [2.05, 4.69) is 5.32 Å². The minimum Gasteiger partial charge on any atom is -0.508 e. The quantitative estimate of drug-likeness (QED) is 0.891. The predicted molar refractivity (Wildman–Crippen MR) is 72.1 cm³/mol. The Hall–Kier alpha value is -1.94. The lowest BCUT2D eigenvalue weighted by Crippen LogP contribution is -2.17. The molecule has 0 saturated heterocycles. The van der Waals surface area contributed by atoms with Crippen LogP contribution in [0.3, 0.4) is 0 Å². The van der Waals surface area contributed by atoms with Crippen LogP contribution in [0.4, 0.5) is 0 Å². The van der Waals surface area contributed by atoms with E-state index in [1.165, 1.54) is 0 Å². The van der Waals surface area contributed by atoms with Gasteiger partial charge >= 0.3 is 0 Å². The van der Waals surface area contributed by atoms with E-state index in [9.17, 15) is 9.90 Å². The fourth-order valence-corrected chi connectivity index (χ4v) is 2.29. The fourth-order valence-electron chi connectivity index (χ4n) is 1.47. The number of aromatic hydroxyl groups is 1. The largest absolute Gasteiger partial charge is 0.508 e. The number of hydrogen-bond donors (Lipinski definition) is 2. The average Bonchev–Trinajstić information content (AvgIpc) is 2.41. The van der Waals surface area contributed by atoms with Gasteiger partial charge in [-0.1, -0.05) is 11.8 Å². The van der Waals surface area contributed by atoms with Gasteiger partial charge in [-0.2, -0.15) is 0 Å². The Morgan fingerprint density at radius 1 is 1.00 bits per heavy atom. The summed E-state index contributed by atoms with van der Waals surface area (Å²) in [5.74, 6) is 0.172. The van der Waals surface area contributed by atoms with Crippen molar-refractivity contribution in [1.82, 2.24) is 5.32 Å². The monoisotopic (exact) mass is 259 g/mol. The molecule has 0 spiro atoms. The SMILES string of the molecule is CNC(=O)c1ccc(Sc2ccc(O)cc2)cc1. The molecular formula is C14H13NO2S. The maximum Gasteiger partial charge on any atom is 0.251 e. The van der Waals surface area contributed by atoms with Crippen molar-refractivity contribution in [2.24, 2.45) is 0 Å². The lowest BCUT2D eigenvalue weighted by atomic mass is 10.2. The standard InChI is InChI=1S/C14H13NO2S/c1-15-14(17)10-2-6-12(7-3-10)18-13-8-4-11(16)5-9-13/h2-9,16H,1H3,(H,15,17). The van der Waals surface area contributed by atoms with Gasteiger partial charge in [0.1, 0.15) is 5.75 Å². The Morgan fingerprint density at radius 3 is 2.00 bits per heavy atom.